The lowest BCUT2D eigenvalue weighted by atomic mass is 9.95. The third-order valence-corrected chi connectivity index (χ3v) is 9.95. The molecule has 0 aliphatic heterocycles. The quantitative estimate of drug-likeness (QED) is 0.172. The van der Waals surface area contributed by atoms with Crippen molar-refractivity contribution in [3.63, 3.8) is 0 Å². The van der Waals surface area contributed by atoms with Crippen molar-refractivity contribution in [2.45, 2.75) is 0 Å². The average Bonchev–Trinajstić information content (AvgIpc) is 3.23. The fraction of sp³-hybridized carbons (Fsp3) is 0. The molecule has 4 nitrogen and oxygen atoms in total. The van der Waals surface area contributed by atoms with E-state index in [1.807, 2.05) is 24.5 Å². The Labute approximate surface area is 300 Å². The summed E-state index contributed by atoms with van der Waals surface area (Å²) in [6, 6.07) is 59.9. The molecule has 10 aromatic rings. The van der Waals surface area contributed by atoms with Gasteiger partial charge in [0.15, 0.2) is 0 Å². The molecule has 242 valence electrons. The summed E-state index contributed by atoms with van der Waals surface area (Å²) < 4.78 is 0. The Morgan fingerprint density at radius 3 is 1.02 bits per heavy atom. The highest BCUT2D eigenvalue weighted by molar-refractivity contribution is 6.04. The van der Waals surface area contributed by atoms with Crippen LogP contribution in [0.15, 0.2) is 182 Å². The maximum absolute atomic E-state index is 5.04. The van der Waals surface area contributed by atoms with Crippen LogP contribution in [0.4, 0.5) is 0 Å². The molecule has 0 aliphatic carbocycles. The van der Waals surface area contributed by atoms with Crippen LogP contribution in [0.5, 0.6) is 0 Å². The van der Waals surface area contributed by atoms with E-state index >= 15 is 0 Å². The van der Waals surface area contributed by atoms with E-state index in [9.17, 15) is 0 Å². The summed E-state index contributed by atoms with van der Waals surface area (Å²) in [5.74, 6) is 0. The molecule has 0 saturated heterocycles. The molecule has 4 heterocycles. The summed E-state index contributed by atoms with van der Waals surface area (Å²) in [6.07, 6.45) is 3.66. The SMILES string of the molecule is c1cc(-c2ccc(-c3ccc4ccc5cccnc5c4n3)cc2)cc(-c2cccc(-c3ccc(-c4ccc5ccc6cccnc6c5n4)cc3)c2)c1. The van der Waals surface area contributed by atoms with Gasteiger partial charge in [0.25, 0.3) is 0 Å². The molecule has 4 aromatic heterocycles. The van der Waals surface area contributed by atoms with Crippen LogP contribution in [0.1, 0.15) is 0 Å². The van der Waals surface area contributed by atoms with Crippen LogP contribution in [-0.4, -0.2) is 19.9 Å². The number of fused-ring (bicyclic) bond motifs is 6. The van der Waals surface area contributed by atoms with Gasteiger partial charge in [-0.25, -0.2) is 9.97 Å². The lowest BCUT2D eigenvalue weighted by Crippen LogP contribution is -1.89. The third-order valence-electron chi connectivity index (χ3n) is 9.95. The molecule has 0 saturated carbocycles. The molecule has 0 unspecified atom stereocenters. The van der Waals surface area contributed by atoms with Crippen LogP contribution in [0.25, 0.3) is 99.5 Å². The summed E-state index contributed by atoms with van der Waals surface area (Å²) in [5, 5.41) is 4.38. The van der Waals surface area contributed by atoms with Crippen LogP contribution in [0.2, 0.25) is 0 Å². The van der Waals surface area contributed by atoms with Crippen molar-refractivity contribution in [3.05, 3.63) is 182 Å². The number of benzene rings is 6. The zero-order chi connectivity index (χ0) is 34.4. The van der Waals surface area contributed by atoms with E-state index < -0.39 is 0 Å². The Hall–Kier alpha value is -7.04. The fourth-order valence-corrected chi connectivity index (χ4v) is 7.19. The van der Waals surface area contributed by atoms with E-state index in [0.717, 1.165) is 77.3 Å². The minimum absolute atomic E-state index is 0.930. The van der Waals surface area contributed by atoms with Crippen molar-refractivity contribution in [2.24, 2.45) is 0 Å². The van der Waals surface area contributed by atoms with Crippen LogP contribution < -0.4 is 0 Å². The van der Waals surface area contributed by atoms with Gasteiger partial charge in [-0.1, -0.05) is 133 Å². The van der Waals surface area contributed by atoms with Crippen molar-refractivity contribution in [1.29, 1.82) is 0 Å². The number of nitrogens with zero attached hydrogens (tertiary/aromatic N) is 4. The van der Waals surface area contributed by atoms with E-state index in [0.29, 0.717) is 0 Å². The van der Waals surface area contributed by atoms with E-state index in [2.05, 4.69) is 168 Å². The Kier molecular flexibility index (Phi) is 7.10. The van der Waals surface area contributed by atoms with Gasteiger partial charge in [0, 0.05) is 45.1 Å². The highest BCUT2D eigenvalue weighted by atomic mass is 14.8. The average molecular weight is 663 g/mol. The molecular formula is C48H30N4. The summed E-state index contributed by atoms with van der Waals surface area (Å²) in [6.45, 7) is 0. The molecule has 0 N–H and O–H groups in total. The standard InChI is InChI=1S/C48H30N4/c1-5-39(31-11-15-33(16-12-31)43-25-23-37-21-19-35-9-3-27-49-45(35)47(37)51-43)29-41(7-1)42-8-2-6-40(30-42)32-13-17-34(18-14-32)44-26-24-38-22-20-36-10-4-28-50-46(36)48(38)52-44/h1-30H. The van der Waals surface area contributed by atoms with Crippen molar-refractivity contribution in [3.8, 4) is 55.9 Å². The Balaban J connectivity index is 0.913. The van der Waals surface area contributed by atoms with Gasteiger partial charge in [0.2, 0.25) is 0 Å². The summed E-state index contributed by atoms with van der Waals surface area (Å²) in [4.78, 5) is 19.3. The van der Waals surface area contributed by atoms with Gasteiger partial charge >= 0.3 is 0 Å². The smallest absolute Gasteiger partial charge is 0.0972 e. The number of aromatic nitrogens is 4. The maximum atomic E-state index is 5.04. The van der Waals surface area contributed by atoms with Crippen LogP contribution in [0.3, 0.4) is 0 Å². The van der Waals surface area contributed by atoms with Gasteiger partial charge < -0.3 is 0 Å². The Morgan fingerprint density at radius 2 is 0.596 bits per heavy atom. The summed E-state index contributed by atoms with van der Waals surface area (Å²) in [5.41, 5.74) is 14.8. The monoisotopic (exact) mass is 662 g/mol. The fourth-order valence-electron chi connectivity index (χ4n) is 7.19. The Bertz CT molecular complexity index is 2750. The van der Waals surface area contributed by atoms with Crippen LogP contribution in [-0.2, 0) is 0 Å². The van der Waals surface area contributed by atoms with Gasteiger partial charge in [0.05, 0.1) is 33.5 Å². The highest BCUT2D eigenvalue weighted by Crippen LogP contribution is 2.33. The van der Waals surface area contributed by atoms with Crippen LogP contribution >= 0.6 is 0 Å². The molecule has 0 atom stereocenters. The predicted molar refractivity (Wildman–Crippen MR) is 215 cm³/mol. The highest BCUT2D eigenvalue weighted by Gasteiger charge is 2.10. The van der Waals surface area contributed by atoms with E-state index in [1.165, 1.54) is 22.3 Å². The predicted octanol–water partition coefficient (Wildman–Crippen LogP) is 12.2. The van der Waals surface area contributed by atoms with Crippen molar-refractivity contribution >= 4 is 43.6 Å². The molecule has 0 fully saturated rings. The first kappa shape index (κ1) is 29.8. The normalized spacial score (nSPS) is 11.5. The van der Waals surface area contributed by atoms with Gasteiger partial charge in [-0.2, -0.15) is 0 Å². The largest absolute Gasteiger partial charge is 0.254 e. The lowest BCUT2D eigenvalue weighted by molar-refractivity contribution is 1.37. The molecule has 0 spiro atoms. The van der Waals surface area contributed by atoms with Crippen molar-refractivity contribution < 1.29 is 0 Å². The van der Waals surface area contributed by atoms with E-state index in [4.69, 9.17) is 9.97 Å². The number of pyridine rings is 4. The lowest BCUT2D eigenvalue weighted by Gasteiger charge is -2.10. The minimum atomic E-state index is 0.930. The second kappa shape index (κ2) is 12.4. The van der Waals surface area contributed by atoms with Gasteiger partial charge in [-0.15, -0.1) is 0 Å². The van der Waals surface area contributed by atoms with Crippen LogP contribution in [0, 0.1) is 0 Å². The first-order valence-corrected chi connectivity index (χ1v) is 17.4. The molecule has 0 aliphatic rings. The van der Waals surface area contributed by atoms with E-state index in [1.54, 1.807) is 0 Å². The van der Waals surface area contributed by atoms with Crippen molar-refractivity contribution in [1.82, 2.24) is 19.9 Å². The minimum Gasteiger partial charge on any atom is -0.254 e. The molecule has 0 amide bonds. The summed E-state index contributed by atoms with van der Waals surface area (Å²) >= 11 is 0. The number of rotatable bonds is 5. The summed E-state index contributed by atoms with van der Waals surface area (Å²) in [7, 11) is 0. The zero-order valence-electron chi connectivity index (χ0n) is 28.1. The topological polar surface area (TPSA) is 51.6 Å². The first-order chi connectivity index (χ1) is 25.7. The van der Waals surface area contributed by atoms with Gasteiger partial charge in [-0.05, 0) is 69.8 Å². The van der Waals surface area contributed by atoms with Crippen molar-refractivity contribution in [2.75, 3.05) is 0 Å². The molecule has 10 rings (SSSR count). The number of hydrogen-bond donors (Lipinski definition) is 0. The second-order valence-electron chi connectivity index (χ2n) is 13.1. The second-order valence-corrected chi connectivity index (χ2v) is 13.1. The molecular weight excluding hydrogens is 633 g/mol. The molecule has 6 aromatic carbocycles. The van der Waals surface area contributed by atoms with Gasteiger partial charge in [0.1, 0.15) is 0 Å². The maximum Gasteiger partial charge on any atom is 0.0972 e. The Morgan fingerprint density at radius 1 is 0.250 bits per heavy atom. The third kappa shape index (κ3) is 5.34. The van der Waals surface area contributed by atoms with Gasteiger partial charge in [-0.3, -0.25) is 9.97 Å². The molecule has 52 heavy (non-hydrogen) atoms. The van der Waals surface area contributed by atoms with E-state index in [-0.39, 0.29) is 0 Å². The molecule has 4 heteroatoms. The molecule has 0 bridgehead atoms. The zero-order valence-corrected chi connectivity index (χ0v) is 28.1. The first-order valence-electron chi connectivity index (χ1n) is 17.4. The number of hydrogen-bond acceptors (Lipinski definition) is 4. The molecule has 0 radical (unpaired) electrons.